The number of hydrogen-bond donors (Lipinski definition) is 2. The number of likely N-dealkylation sites (N-methyl/N-ethyl adjacent to an activating group) is 1. The normalized spacial score (nSPS) is 24.1. The summed E-state index contributed by atoms with van der Waals surface area (Å²) >= 11 is 0. The van der Waals surface area contributed by atoms with Gasteiger partial charge in [0, 0.05) is 19.6 Å². The van der Waals surface area contributed by atoms with E-state index < -0.39 is 0 Å². The first-order chi connectivity index (χ1) is 7.67. The van der Waals surface area contributed by atoms with Crippen LogP contribution >= 0.6 is 0 Å². The maximum atomic E-state index is 11.1. The van der Waals surface area contributed by atoms with E-state index in [-0.39, 0.29) is 5.91 Å². The molecule has 1 aliphatic heterocycles. The zero-order valence-electron chi connectivity index (χ0n) is 10.8. The van der Waals surface area contributed by atoms with Crippen LogP contribution in [0.5, 0.6) is 0 Å². The Kier molecular flexibility index (Phi) is 5.77. The van der Waals surface area contributed by atoms with Crippen LogP contribution in [-0.4, -0.2) is 50.1 Å². The predicted molar refractivity (Wildman–Crippen MR) is 66.4 cm³/mol. The van der Waals surface area contributed by atoms with Crippen LogP contribution in [0.4, 0.5) is 0 Å². The molecule has 1 aliphatic rings. The van der Waals surface area contributed by atoms with E-state index in [2.05, 4.69) is 29.4 Å². The zero-order valence-corrected chi connectivity index (χ0v) is 10.8. The van der Waals surface area contributed by atoms with Crippen LogP contribution in [-0.2, 0) is 4.79 Å². The number of piperidine rings is 1. The summed E-state index contributed by atoms with van der Waals surface area (Å²) < 4.78 is 0. The van der Waals surface area contributed by atoms with Crippen molar-refractivity contribution in [2.75, 3.05) is 33.2 Å². The molecule has 1 rings (SSSR count). The van der Waals surface area contributed by atoms with Crippen LogP contribution in [0.3, 0.4) is 0 Å². The highest BCUT2D eigenvalue weighted by Crippen LogP contribution is 2.19. The second kappa shape index (κ2) is 6.86. The average molecular weight is 227 g/mol. The summed E-state index contributed by atoms with van der Waals surface area (Å²) in [5.41, 5.74) is 0. The summed E-state index contributed by atoms with van der Waals surface area (Å²) in [6.45, 7) is 8.37. The van der Waals surface area contributed by atoms with Gasteiger partial charge >= 0.3 is 0 Å². The number of hydrogen-bond acceptors (Lipinski definition) is 3. The fourth-order valence-electron chi connectivity index (χ4n) is 2.30. The largest absolute Gasteiger partial charge is 0.358 e. The number of amides is 1. The molecule has 94 valence electrons. The smallest absolute Gasteiger partial charge is 0.233 e. The summed E-state index contributed by atoms with van der Waals surface area (Å²) in [5.74, 6) is 0.744. The SMILES string of the molecule is CCN1CCCC(C(C)NCC(=O)NC)C1. The molecule has 1 saturated heterocycles. The third-order valence-electron chi connectivity index (χ3n) is 3.56. The third-order valence-corrected chi connectivity index (χ3v) is 3.56. The van der Waals surface area contributed by atoms with E-state index >= 15 is 0 Å². The Morgan fingerprint density at radius 3 is 2.94 bits per heavy atom. The van der Waals surface area contributed by atoms with E-state index in [9.17, 15) is 4.79 Å². The molecule has 2 unspecified atom stereocenters. The molecule has 1 amide bonds. The molecule has 1 fully saturated rings. The number of carbonyl (C=O) groups is 1. The Hall–Kier alpha value is -0.610. The van der Waals surface area contributed by atoms with Crippen molar-refractivity contribution in [2.24, 2.45) is 5.92 Å². The average Bonchev–Trinajstić information content (AvgIpc) is 2.35. The molecule has 0 aliphatic carbocycles. The van der Waals surface area contributed by atoms with Gasteiger partial charge in [-0.3, -0.25) is 4.79 Å². The molecule has 0 aromatic heterocycles. The van der Waals surface area contributed by atoms with Gasteiger partial charge in [0.25, 0.3) is 0 Å². The van der Waals surface area contributed by atoms with Crippen LogP contribution < -0.4 is 10.6 Å². The molecule has 0 bridgehead atoms. The lowest BCUT2D eigenvalue weighted by Gasteiger charge is -2.35. The molecule has 4 nitrogen and oxygen atoms in total. The molecule has 4 heteroatoms. The standard InChI is InChI=1S/C12H25N3O/c1-4-15-7-5-6-11(9-15)10(2)14-8-12(16)13-3/h10-11,14H,4-9H2,1-3H3,(H,13,16). The van der Waals surface area contributed by atoms with E-state index in [1.165, 1.54) is 25.9 Å². The van der Waals surface area contributed by atoms with Gasteiger partial charge in [0.05, 0.1) is 6.54 Å². The lowest BCUT2D eigenvalue weighted by atomic mass is 9.91. The highest BCUT2D eigenvalue weighted by Gasteiger charge is 2.23. The summed E-state index contributed by atoms with van der Waals surface area (Å²) in [4.78, 5) is 13.6. The number of carbonyl (C=O) groups excluding carboxylic acids is 1. The molecule has 0 saturated carbocycles. The molecule has 0 radical (unpaired) electrons. The van der Waals surface area contributed by atoms with Crippen LogP contribution in [0.15, 0.2) is 0 Å². The molecular weight excluding hydrogens is 202 g/mol. The van der Waals surface area contributed by atoms with Gasteiger partial charge in [-0.15, -0.1) is 0 Å². The monoisotopic (exact) mass is 227 g/mol. The molecule has 2 N–H and O–H groups in total. The maximum Gasteiger partial charge on any atom is 0.233 e. The number of nitrogens with one attached hydrogen (secondary N) is 2. The van der Waals surface area contributed by atoms with Crippen LogP contribution in [0.2, 0.25) is 0 Å². The van der Waals surface area contributed by atoms with Gasteiger partial charge in [0.15, 0.2) is 0 Å². The van der Waals surface area contributed by atoms with Gasteiger partial charge in [-0.05, 0) is 38.8 Å². The summed E-state index contributed by atoms with van der Waals surface area (Å²) in [5, 5.41) is 5.94. The Bertz CT molecular complexity index is 220. The van der Waals surface area contributed by atoms with Crippen molar-refractivity contribution in [3.05, 3.63) is 0 Å². The van der Waals surface area contributed by atoms with Crippen molar-refractivity contribution in [1.82, 2.24) is 15.5 Å². The molecule has 16 heavy (non-hydrogen) atoms. The van der Waals surface area contributed by atoms with Gasteiger partial charge in [-0.1, -0.05) is 6.92 Å². The quantitative estimate of drug-likeness (QED) is 0.716. The van der Waals surface area contributed by atoms with E-state index in [0.29, 0.717) is 18.5 Å². The fourth-order valence-corrected chi connectivity index (χ4v) is 2.30. The van der Waals surface area contributed by atoms with Crippen LogP contribution in [0.1, 0.15) is 26.7 Å². The third kappa shape index (κ3) is 4.10. The zero-order chi connectivity index (χ0) is 12.0. The van der Waals surface area contributed by atoms with Crippen molar-refractivity contribution in [3.8, 4) is 0 Å². The summed E-state index contributed by atoms with van der Waals surface area (Å²) in [6, 6.07) is 0.423. The Morgan fingerprint density at radius 1 is 1.56 bits per heavy atom. The van der Waals surface area contributed by atoms with E-state index in [1.807, 2.05) is 0 Å². The lowest BCUT2D eigenvalue weighted by molar-refractivity contribution is -0.119. The molecule has 0 aromatic carbocycles. The molecule has 0 aromatic rings. The fraction of sp³-hybridized carbons (Fsp3) is 0.917. The summed E-state index contributed by atoms with van der Waals surface area (Å²) in [7, 11) is 1.67. The van der Waals surface area contributed by atoms with Gasteiger partial charge in [0.2, 0.25) is 5.91 Å². The molecular formula is C12H25N3O. The topological polar surface area (TPSA) is 44.4 Å². The van der Waals surface area contributed by atoms with Crippen molar-refractivity contribution >= 4 is 5.91 Å². The van der Waals surface area contributed by atoms with Gasteiger partial charge in [0.1, 0.15) is 0 Å². The second-order valence-electron chi connectivity index (χ2n) is 4.64. The van der Waals surface area contributed by atoms with Crippen molar-refractivity contribution in [3.63, 3.8) is 0 Å². The summed E-state index contributed by atoms with van der Waals surface area (Å²) in [6.07, 6.45) is 2.56. The Labute approximate surface area is 98.8 Å². The molecule has 2 atom stereocenters. The van der Waals surface area contributed by atoms with Crippen molar-refractivity contribution < 1.29 is 4.79 Å². The minimum absolute atomic E-state index is 0.0648. The highest BCUT2D eigenvalue weighted by atomic mass is 16.1. The number of nitrogens with zero attached hydrogens (tertiary/aromatic N) is 1. The van der Waals surface area contributed by atoms with Gasteiger partial charge < -0.3 is 15.5 Å². The van der Waals surface area contributed by atoms with E-state index in [0.717, 1.165) is 6.54 Å². The van der Waals surface area contributed by atoms with Crippen molar-refractivity contribution in [1.29, 1.82) is 0 Å². The lowest BCUT2D eigenvalue weighted by Crippen LogP contribution is -2.46. The number of likely N-dealkylation sites (tertiary alicyclic amines) is 1. The number of rotatable bonds is 5. The van der Waals surface area contributed by atoms with E-state index in [4.69, 9.17) is 0 Å². The first-order valence-corrected chi connectivity index (χ1v) is 6.33. The highest BCUT2D eigenvalue weighted by molar-refractivity contribution is 5.77. The maximum absolute atomic E-state index is 11.1. The first-order valence-electron chi connectivity index (χ1n) is 6.33. The molecule has 1 heterocycles. The van der Waals surface area contributed by atoms with Crippen LogP contribution in [0.25, 0.3) is 0 Å². The Balaban J connectivity index is 2.29. The van der Waals surface area contributed by atoms with Crippen molar-refractivity contribution in [2.45, 2.75) is 32.7 Å². The van der Waals surface area contributed by atoms with Gasteiger partial charge in [-0.2, -0.15) is 0 Å². The minimum atomic E-state index is 0.0648. The minimum Gasteiger partial charge on any atom is -0.358 e. The van der Waals surface area contributed by atoms with Gasteiger partial charge in [-0.25, -0.2) is 0 Å². The first kappa shape index (κ1) is 13.5. The second-order valence-corrected chi connectivity index (χ2v) is 4.64. The predicted octanol–water partition coefficient (Wildman–Crippen LogP) is 0.442. The van der Waals surface area contributed by atoms with E-state index in [1.54, 1.807) is 7.05 Å². The molecule has 0 spiro atoms. The van der Waals surface area contributed by atoms with Crippen LogP contribution in [0, 0.1) is 5.92 Å². The Morgan fingerprint density at radius 2 is 2.31 bits per heavy atom.